The molecule has 5 aromatic rings. The Hall–Kier alpha value is -4.17. The number of nitrogens with one attached hydrogen (secondary N) is 1. The molecule has 5 rings (SSSR count). The molecule has 0 bridgehead atoms. The van der Waals surface area contributed by atoms with Crippen molar-refractivity contribution in [3.8, 4) is 17.2 Å². The summed E-state index contributed by atoms with van der Waals surface area (Å²) in [6.45, 7) is 6.92. The van der Waals surface area contributed by atoms with Gasteiger partial charge in [-0.05, 0) is 75.0 Å². The molecular formula is C29H32N6O2. The third-order valence-electron chi connectivity index (χ3n) is 6.46. The Kier molecular flexibility index (Phi) is 7.18. The fourth-order valence-electron chi connectivity index (χ4n) is 4.19. The smallest absolute Gasteiger partial charge is 0.141 e. The van der Waals surface area contributed by atoms with E-state index in [1.165, 1.54) is 0 Å². The number of hydrogen-bond donors (Lipinski definition) is 1. The summed E-state index contributed by atoms with van der Waals surface area (Å²) in [5.41, 5.74) is 4.74. The number of ether oxygens (including phenoxy) is 2. The van der Waals surface area contributed by atoms with Crippen LogP contribution in [0, 0.1) is 6.92 Å². The first kappa shape index (κ1) is 24.5. The van der Waals surface area contributed by atoms with Gasteiger partial charge in [-0.25, -0.2) is 15.0 Å². The molecule has 0 aliphatic heterocycles. The van der Waals surface area contributed by atoms with E-state index in [0.29, 0.717) is 6.61 Å². The highest BCUT2D eigenvalue weighted by Crippen LogP contribution is 2.31. The standard InChI is InChI=1S/C29H32N6O2/c1-5-34(3)13-6-14-36-22-8-10-24-25(16-22)30-18-31-29(24)33-21-7-12-28(20(2)15-21)37-23-9-11-27-26(17-23)32-19-35(27)4/h7-12,15-19H,5-6,13-14H2,1-4H3,(H,30,31,33). The molecule has 8 nitrogen and oxygen atoms in total. The van der Waals surface area contributed by atoms with Crippen LogP contribution in [0.5, 0.6) is 17.2 Å². The van der Waals surface area contributed by atoms with Gasteiger partial charge >= 0.3 is 0 Å². The summed E-state index contributed by atoms with van der Waals surface area (Å²) >= 11 is 0. The van der Waals surface area contributed by atoms with Crippen LogP contribution in [0.25, 0.3) is 21.9 Å². The third kappa shape index (κ3) is 5.65. The highest BCUT2D eigenvalue weighted by molar-refractivity contribution is 5.91. The summed E-state index contributed by atoms with van der Waals surface area (Å²) in [5, 5.41) is 4.36. The van der Waals surface area contributed by atoms with Gasteiger partial charge in [-0.2, -0.15) is 0 Å². The van der Waals surface area contributed by atoms with Gasteiger partial charge in [0, 0.05) is 36.8 Å². The van der Waals surface area contributed by atoms with Crippen LogP contribution in [-0.2, 0) is 7.05 Å². The van der Waals surface area contributed by atoms with E-state index in [2.05, 4.69) is 39.1 Å². The van der Waals surface area contributed by atoms with Gasteiger partial charge in [-0.1, -0.05) is 6.92 Å². The van der Waals surface area contributed by atoms with Gasteiger partial charge in [-0.15, -0.1) is 0 Å². The predicted octanol–water partition coefficient (Wildman–Crippen LogP) is 6.08. The van der Waals surface area contributed by atoms with Crippen molar-refractivity contribution >= 4 is 33.4 Å². The van der Waals surface area contributed by atoms with Gasteiger partial charge in [0.25, 0.3) is 0 Å². The summed E-state index contributed by atoms with van der Waals surface area (Å²) in [5.74, 6) is 3.11. The Balaban J connectivity index is 1.27. The van der Waals surface area contributed by atoms with Crippen LogP contribution in [-0.4, -0.2) is 51.2 Å². The zero-order chi connectivity index (χ0) is 25.8. The quantitative estimate of drug-likeness (QED) is 0.235. The number of aryl methyl sites for hydroxylation is 2. The lowest BCUT2D eigenvalue weighted by atomic mass is 10.2. The molecule has 0 amide bonds. The second-order valence-corrected chi connectivity index (χ2v) is 9.21. The zero-order valence-corrected chi connectivity index (χ0v) is 21.7. The van der Waals surface area contributed by atoms with Crippen molar-refractivity contribution in [3.05, 3.63) is 72.8 Å². The number of hydrogen-bond acceptors (Lipinski definition) is 7. The maximum atomic E-state index is 6.16. The number of benzene rings is 3. The molecule has 0 atom stereocenters. The molecule has 3 aromatic carbocycles. The van der Waals surface area contributed by atoms with E-state index < -0.39 is 0 Å². The van der Waals surface area contributed by atoms with E-state index in [0.717, 1.165) is 75.8 Å². The van der Waals surface area contributed by atoms with Gasteiger partial charge in [0.05, 0.1) is 29.5 Å². The highest BCUT2D eigenvalue weighted by Gasteiger charge is 2.09. The molecule has 1 N–H and O–H groups in total. The number of nitrogens with zero attached hydrogens (tertiary/aromatic N) is 5. The van der Waals surface area contributed by atoms with E-state index in [-0.39, 0.29) is 0 Å². The number of imidazole rings is 1. The maximum Gasteiger partial charge on any atom is 0.141 e. The summed E-state index contributed by atoms with van der Waals surface area (Å²) in [6, 6.07) is 17.9. The summed E-state index contributed by atoms with van der Waals surface area (Å²) in [7, 11) is 4.10. The van der Waals surface area contributed by atoms with Crippen LogP contribution in [0.4, 0.5) is 11.5 Å². The Labute approximate surface area is 216 Å². The van der Waals surface area contributed by atoms with Crippen LogP contribution in [0.1, 0.15) is 18.9 Å². The van der Waals surface area contributed by atoms with Crippen molar-refractivity contribution in [2.24, 2.45) is 7.05 Å². The molecule has 2 aromatic heterocycles. The molecule has 0 saturated carbocycles. The first-order valence-corrected chi connectivity index (χ1v) is 12.5. The van der Waals surface area contributed by atoms with Crippen LogP contribution in [0.15, 0.2) is 67.3 Å². The lowest BCUT2D eigenvalue weighted by Crippen LogP contribution is -2.20. The lowest BCUT2D eigenvalue weighted by Gasteiger charge is -2.14. The fourth-order valence-corrected chi connectivity index (χ4v) is 4.19. The van der Waals surface area contributed by atoms with Crippen LogP contribution in [0.3, 0.4) is 0 Å². The maximum absolute atomic E-state index is 6.16. The number of anilines is 2. The van der Waals surface area contributed by atoms with E-state index >= 15 is 0 Å². The predicted molar refractivity (Wildman–Crippen MR) is 148 cm³/mol. The van der Waals surface area contributed by atoms with Crippen molar-refractivity contribution in [1.29, 1.82) is 0 Å². The number of aromatic nitrogens is 4. The van der Waals surface area contributed by atoms with Gasteiger partial charge in [-0.3, -0.25) is 0 Å². The van der Waals surface area contributed by atoms with E-state index in [1.807, 2.05) is 73.1 Å². The van der Waals surface area contributed by atoms with Crippen molar-refractivity contribution in [2.45, 2.75) is 20.3 Å². The Morgan fingerprint density at radius 2 is 1.78 bits per heavy atom. The van der Waals surface area contributed by atoms with Gasteiger partial charge < -0.3 is 24.3 Å². The second kappa shape index (κ2) is 10.8. The topological polar surface area (TPSA) is 77.3 Å². The summed E-state index contributed by atoms with van der Waals surface area (Å²) in [4.78, 5) is 15.6. The minimum Gasteiger partial charge on any atom is -0.493 e. The van der Waals surface area contributed by atoms with Gasteiger partial charge in [0.1, 0.15) is 29.4 Å². The molecular weight excluding hydrogens is 464 g/mol. The molecule has 190 valence electrons. The van der Waals surface area contributed by atoms with Crippen molar-refractivity contribution in [2.75, 3.05) is 32.1 Å². The van der Waals surface area contributed by atoms with Crippen molar-refractivity contribution in [3.63, 3.8) is 0 Å². The van der Waals surface area contributed by atoms with E-state index in [1.54, 1.807) is 12.7 Å². The van der Waals surface area contributed by atoms with E-state index in [9.17, 15) is 0 Å². The van der Waals surface area contributed by atoms with Crippen molar-refractivity contribution < 1.29 is 9.47 Å². The normalized spacial score (nSPS) is 11.4. The fraction of sp³-hybridized carbons (Fsp3) is 0.276. The van der Waals surface area contributed by atoms with Crippen LogP contribution in [0.2, 0.25) is 0 Å². The first-order valence-electron chi connectivity index (χ1n) is 12.5. The van der Waals surface area contributed by atoms with E-state index in [4.69, 9.17) is 9.47 Å². The van der Waals surface area contributed by atoms with Crippen LogP contribution >= 0.6 is 0 Å². The van der Waals surface area contributed by atoms with Gasteiger partial charge in [0.2, 0.25) is 0 Å². The number of rotatable bonds is 10. The molecule has 0 aliphatic carbocycles. The zero-order valence-electron chi connectivity index (χ0n) is 21.7. The number of fused-ring (bicyclic) bond motifs is 2. The monoisotopic (exact) mass is 496 g/mol. The third-order valence-corrected chi connectivity index (χ3v) is 6.46. The molecule has 0 unspecified atom stereocenters. The molecule has 0 saturated heterocycles. The largest absolute Gasteiger partial charge is 0.493 e. The Morgan fingerprint density at radius 1 is 0.946 bits per heavy atom. The van der Waals surface area contributed by atoms with Gasteiger partial charge in [0.15, 0.2) is 0 Å². The molecule has 0 spiro atoms. The minimum absolute atomic E-state index is 0.676. The van der Waals surface area contributed by atoms with Crippen molar-refractivity contribution in [1.82, 2.24) is 24.4 Å². The average molecular weight is 497 g/mol. The Morgan fingerprint density at radius 3 is 2.62 bits per heavy atom. The highest BCUT2D eigenvalue weighted by atomic mass is 16.5. The molecule has 0 aliphatic rings. The molecule has 37 heavy (non-hydrogen) atoms. The first-order chi connectivity index (χ1) is 18.0. The molecule has 8 heteroatoms. The SMILES string of the molecule is CCN(C)CCCOc1ccc2c(Nc3ccc(Oc4ccc5c(c4)ncn5C)c(C)c3)ncnc2c1. The summed E-state index contributed by atoms with van der Waals surface area (Å²) < 4.78 is 14.1. The minimum atomic E-state index is 0.676. The summed E-state index contributed by atoms with van der Waals surface area (Å²) in [6.07, 6.45) is 4.36. The molecule has 0 fully saturated rings. The van der Waals surface area contributed by atoms with Crippen LogP contribution < -0.4 is 14.8 Å². The second-order valence-electron chi connectivity index (χ2n) is 9.21. The molecule has 0 radical (unpaired) electrons. The lowest BCUT2D eigenvalue weighted by molar-refractivity contribution is 0.268. The molecule has 2 heterocycles. The Bertz CT molecular complexity index is 1530. The average Bonchev–Trinajstić information content (AvgIpc) is 3.28.